The molecule has 1 aliphatic rings. The molecule has 0 saturated heterocycles. The van der Waals surface area contributed by atoms with Gasteiger partial charge in [0, 0.05) is 31.0 Å². The van der Waals surface area contributed by atoms with Gasteiger partial charge in [-0.05, 0) is 19.9 Å². The number of thiophene rings is 2. The molecule has 4 heteroatoms. The Morgan fingerprint density at radius 1 is 0.800 bits per heavy atom. The van der Waals surface area contributed by atoms with E-state index in [0.29, 0.717) is 21.6 Å². The number of hydrogen-bond donors (Lipinski definition) is 0. The first-order valence-electron chi connectivity index (χ1n) is 6.30. The lowest BCUT2D eigenvalue weighted by Crippen LogP contribution is -2.18. The number of rotatable bonds is 0. The molecule has 0 aliphatic heterocycles. The van der Waals surface area contributed by atoms with Crippen molar-refractivity contribution < 1.29 is 9.59 Å². The molecule has 1 aromatic carbocycles. The van der Waals surface area contributed by atoms with Crippen LogP contribution >= 0.6 is 22.7 Å². The van der Waals surface area contributed by atoms with Gasteiger partial charge in [-0.1, -0.05) is 18.2 Å². The van der Waals surface area contributed by atoms with Gasteiger partial charge >= 0.3 is 0 Å². The average Bonchev–Trinajstić information content (AvgIpc) is 2.94. The van der Waals surface area contributed by atoms with Crippen molar-refractivity contribution in [2.75, 3.05) is 0 Å². The normalized spacial score (nSPS) is 13.7. The Balaban J connectivity index is 2.15. The minimum Gasteiger partial charge on any atom is -0.288 e. The summed E-state index contributed by atoms with van der Waals surface area (Å²) in [6.07, 6.45) is 0. The molecule has 2 heterocycles. The van der Waals surface area contributed by atoms with Gasteiger partial charge in [0.05, 0.1) is 10.4 Å². The van der Waals surface area contributed by atoms with Crippen molar-refractivity contribution in [3.8, 4) is 0 Å². The highest BCUT2D eigenvalue weighted by atomic mass is 32.1. The lowest BCUT2D eigenvalue weighted by atomic mass is 9.88. The highest BCUT2D eigenvalue weighted by molar-refractivity contribution is 7.22. The molecule has 0 saturated carbocycles. The predicted molar refractivity (Wildman–Crippen MR) is 82.5 cm³/mol. The third-order valence-corrected chi connectivity index (χ3v) is 5.93. The van der Waals surface area contributed by atoms with E-state index in [-0.39, 0.29) is 11.6 Å². The Hall–Kier alpha value is -1.78. The van der Waals surface area contributed by atoms with Gasteiger partial charge in [-0.3, -0.25) is 9.59 Å². The molecule has 0 spiro atoms. The summed E-state index contributed by atoms with van der Waals surface area (Å²) in [4.78, 5) is 28.0. The molecular weight excluding hydrogens is 288 g/mol. The molecular formula is C16H10O2S2. The van der Waals surface area contributed by atoms with Crippen LogP contribution in [0, 0.1) is 13.8 Å². The van der Waals surface area contributed by atoms with Crippen LogP contribution in [0.1, 0.15) is 40.9 Å². The molecule has 0 N–H and O–H groups in total. The third-order valence-electron chi connectivity index (χ3n) is 3.74. The third kappa shape index (κ3) is 1.33. The van der Waals surface area contributed by atoms with Crippen LogP contribution in [0.2, 0.25) is 0 Å². The molecule has 3 aromatic rings. The Bertz CT molecular complexity index is 912. The van der Waals surface area contributed by atoms with Crippen molar-refractivity contribution in [1.29, 1.82) is 0 Å². The lowest BCUT2D eigenvalue weighted by molar-refractivity contribution is 0.0983. The van der Waals surface area contributed by atoms with Crippen LogP contribution in [0.3, 0.4) is 0 Å². The van der Waals surface area contributed by atoms with Crippen LogP contribution < -0.4 is 0 Å². The summed E-state index contributed by atoms with van der Waals surface area (Å²) in [6, 6.07) is 7.74. The Kier molecular flexibility index (Phi) is 2.32. The van der Waals surface area contributed by atoms with Crippen LogP contribution in [-0.2, 0) is 0 Å². The molecule has 2 nitrogen and oxygen atoms in total. The van der Waals surface area contributed by atoms with Crippen molar-refractivity contribution in [2.24, 2.45) is 0 Å². The van der Waals surface area contributed by atoms with E-state index in [1.165, 1.54) is 22.7 Å². The maximum absolute atomic E-state index is 12.8. The van der Waals surface area contributed by atoms with Gasteiger partial charge in [0.25, 0.3) is 0 Å². The largest absolute Gasteiger partial charge is 0.288 e. The number of ketones is 2. The quantitative estimate of drug-likeness (QED) is 0.483. The van der Waals surface area contributed by atoms with Crippen molar-refractivity contribution >= 4 is 44.3 Å². The average molecular weight is 298 g/mol. The molecule has 2 aromatic heterocycles. The van der Waals surface area contributed by atoms with Crippen LogP contribution in [0.4, 0.5) is 0 Å². The smallest absolute Gasteiger partial charge is 0.205 e. The van der Waals surface area contributed by atoms with E-state index >= 15 is 0 Å². The molecule has 0 bridgehead atoms. The monoisotopic (exact) mass is 298 g/mol. The zero-order valence-electron chi connectivity index (χ0n) is 10.9. The van der Waals surface area contributed by atoms with Crippen LogP contribution in [-0.4, -0.2) is 11.6 Å². The standard InChI is InChI=1S/C16H10O2S2/c1-7-11-12(8(2)19-7)15(18)16-13(14(11)17)9-5-3-4-6-10(9)20-16/h3-6H,1-2H3. The zero-order valence-corrected chi connectivity index (χ0v) is 12.6. The summed E-state index contributed by atoms with van der Waals surface area (Å²) in [5.74, 6) is 0.0200. The zero-order chi connectivity index (χ0) is 14.0. The molecule has 20 heavy (non-hydrogen) atoms. The molecule has 0 radical (unpaired) electrons. The molecule has 0 unspecified atom stereocenters. The number of fused-ring (bicyclic) bond motifs is 4. The summed E-state index contributed by atoms with van der Waals surface area (Å²) in [6.45, 7) is 3.83. The molecule has 0 atom stereocenters. The van der Waals surface area contributed by atoms with Gasteiger partial charge in [0.15, 0.2) is 5.78 Å². The fraction of sp³-hybridized carbons (Fsp3) is 0.125. The van der Waals surface area contributed by atoms with Crippen molar-refractivity contribution in [2.45, 2.75) is 13.8 Å². The highest BCUT2D eigenvalue weighted by Crippen LogP contribution is 2.42. The van der Waals surface area contributed by atoms with Gasteiger partial charge in [-0.25, -0.2) is 0 Å². The molecule has 1 aliphatic carbocycles. The number of aryl methyl sites for hydroxylation is 2. The maximum atomic E-state index is 12.8. The number of carbonyl (C=O) groups is 2. The Morgan fingerprint density at radius 2 is 1.45 bits per heavy atom. The molecule has 4 rings (SSSR count). The van der Waals surface area contributed by atoms with Crippen molar-refractivity contribution in [3.05, 3.63) is 55.6 Å². The van der Waals surface area contributed by atoms with E-state index < -0.39 is 0 Å². The van der Waals surface area contributed by atoms with Gasteiger partial charge < -0.3 is 0 Å². The fourth-order valence-corrected chi connectivity index (χ4v) is 5.10. The summed E-state index contributed by atoms with van der Waals surface area (Å²) < 4.78 is 1.00. The van der Waals surface area contributed by atoms with Gasteiger partial charge in [0.1, 0.15) is 0 Å². The Labute approximate surface area is 123 Å². The molecule has 0 fully saturated rings. The van der Waals surface area contributed by atoms with E-state index in [2.05, 4.69) is 0 Å². The molecule has 0 amide bonds. The van der Waals surface area contributed by atoms with E-state index in [9.17, 15) is 9.59 Å². The fourth-order valence-electron chi connectivity index (χ4n) is 2.90. The number of hydrogen-bond acceptors (Lipinski definition) is 4. The summed E-state index contributed by atoms with van der Waals surface area (Å²) >= 11 is 2.96. The molecule has 98 valence electrons. The first kappa shape index (κ1) is 12.0. The summed E-state index contributed by atoms with van der Waals surface area (Å²) in [5, 5.41) is 0.903. The van der Waals surface area contributed by atoms with Crippen LogP contribution in [0.15, 0.2) is 24.3 Å². The van der Waals surface area contributed by atoms with E-state index in [1.807, 2.05) is 38.1 Å². The number of benzene rings is 1. The van der Waals surface area contributed by atoms with E-state index in [1.54, 1.807) is 0 Å². The van der Waals surface area contributed by atoms with Gasteiger partial charge in [0.2, 0.25) is 5.78 Å². The van der Waals surface area contributed by atoms with E-state index in [4.69, 9.17) is 0 Å². The van der Waals surface area contributed by atoms with Crippen molar-refractivity contribution in [3.63, 3.8) is 0 Å². The Morgan fingerprint density at radius 3 is 2.20 bits per heavy atom. The minimum absolute atomic E-state index is 0.00824. The predicted octanol–water partition coefficient (Wildman–Crippen LogP) is 4.36. The minimum atomic E-state index is 0.00824. The van der Waals surface area contributed by atoms with Gasteiger partial charge in [-0.15, -0.1) is 22.7 Å². The second-order valence-corrected chi connectivity index (χ2v) is 7.41. The lowest BCUT2D eigenvalue weighted by Gasteiger charge is -2.12. The van der Waals surface area contributed by atoms with Crippen LogP contribution in [0.5, 0.6) is 0 Å². The summed E-state index contributed by atoms with van der Waals surface area (Å²) in [5.41, 5.74) is 1.84. The highest BCUT2D eigenvalue weighted by Gasteiger charge is 2.36. The SMILES string of the molecule is Cc1sc(C)c2c1C(=O)c1sc3ccccc3c1C2=O. The second-order valence-electron chi connectivity index (χ2n) is 4.93. The van der Waals surface area contributed by atoms with Gasteiger partial charge in [-0.2, -0.15) is 0 Å². The van der Waals surface area contributed by atoms with E-state index in [0.717, 1.165) is 19.8 Å². The maximum Gasteiger partial charge on any atom is 0.205 e. The second kappa shape index (κ2) is 3.87. The number of carbonyl (C=O) groups excluding carboxylic acids is 2. The topological polar surface area (TPSA) is 34.1 Å². The first-order valence-corrected chi connectivity index (χ1v) is 7.94. The first-order chi connectivity index (χ1) is 9.59. The van der Waals surface area contributed by atoms with Crippen LogP contribution in [0.25, 0.3) is 10.1 Å². The van der Waals surface area contributed by atoms with Crippen molar-refractivity contribution in [1.82, 2.24) is 0 Å². The summed E-state index contributed by atoms with van der Waals surface area (Å²) in [7, 11) is 0.